The van der Waals surface area contributed by atoms with E-state index in [0.29, 0.717) is 16.9 Å². The zero-order valence-corrected chi connectivity index (χ0v) is 14.2. The van der Waals surface area contributed by atoms with Gasteiger partial charge in [0.25, 0.3) is 5.91 Å². The summed E-state index contributed by atoms with van der Waals surface area (Å²) < 4.78 is 17.4. The van der Waals surface area contributed by atoms with Crippen LogP contribution in [0.5, 0.6) is 0 Å². The number of nitrogens with one attached hydrogen (secondary N) is 2. The van der Waals surface area contributed by atoms with Crippen LogP contribution >= 0.6 is 0 Å². The molecule has 0 fully saturated rings. The average Bonchev–Trinajstić information content (AvgIpc) is 2.63. The van der Waals surface area contributed by atoms with E-state index in [9.17, 15) is 18.8 Å². The van der Waals surface area contributed by atoms with Gasteiger partial charge in [-0.3, -0.25) is 9.59 Å². The number of carbonyl (C=O) groups excluding carboxylic acids is 3. The number of esters is 1. The number of anilines is 2. The Morgan fingerprint density at radius 1 is 0.923 bits per heavy atom. The fourth-order valence-corrected chi connectivity index (χ4v) is 2.01. The highest BCUT2D eigenvalue weighted by molar-refractivity contribution is 6.10. The number of hydrogen-bond acceptors (Lipinski definition) is 4. The molecular formula is C19H17FN2O4. The smallest absolute Gasteiger partial charge is 0.337 e. The minimum atomic E-state index is -0.509. The predicted octanol–water partition coefficient (Wildman–Crippen LogP) is 3.14. The molecule has 2 N–H and O–H groups in total. The summed E-state index contributed by atoms with van der Waals surface area (Å²) >= 11 is 0. The van der Waals surface area contributed by atoms with Crippen molar-refractivity contribution in [1.82, 2.24) is 0 Å². The van der Waals surface area contributed by atoms with Crippen LogP contribution in [0.15, 0.2) is 60.2 Å². The van der Waals surface area contributed by atoms with E-state index < -0.39 is 23.6 Å². The summed E-state index contributed by atoms with van der Waals surface area (Å²) in [7, 11) is 1.28. The molecule has 0 aliphatic carbocycles. The maximum absolute atomic E-state index is 12.8. The molecule has 0 aliphatic rings. The second kappa shape index (κ2) is 8.57. The van der Waals surface area contributed by atoms with Gasteiger partial charge in [0.05, 0.1) is 12.7 Å². The molecule has 6 nitrogen and oxygen atoms in total. The summed E-state index contributed by atoms with van der Waals surface area (Å²) in [5, 5.41) is 5.15. The molecule has 2 rings (SSSR count). The summed E-state index contributed by atoms with van der Waals surface area (Å²) in [6.07, 6.45) is 1.14. The molecule has 134 valence electrons. The van der Waals surface area contributed by atoms with Crippen molar-refractivity contribution in [1.29, 1.82) is 0 Å². The van der Waals surface area contributed by atoms with Gasteiger partial charge in [0.2, 0.25) is 5.91 Å². The van der Waals surface area contributed by atoms with E-state index in [1.165, 1.54) is 50.4 Å². The number of hydrogen-bond donors (Lipinski definition) is 2. The summed E-state index contributed by atoms with van der Waals surface area (Å²) in [6, 6.07) is 11.4. The van der Waals surface area contributed by atoms with Crippen LogP contribution < -0.4 is 10.6 Å². The van der Waals surface area contributed by atoms with Crippen molar-refractivity contribution < 1.29 is 23.5 Å². The SMILES string of the molecule is COC(=O)c1ccc(NC(=O)/C(C)=C/C(=O)Nc2ccc(F)cc2)cc1. The molecule has 0 aromatic heterocycles. The Morgan fingerprint density at radius 3 is 2.04 bits per heavy atom. The van der Waals surface area contributed by atoms with Crippen LogP contribution in [0.4, 0.5) is 15.8 Å². The Morgan fingerprint density at radius 2 is 1.46 bits per heavy atom. The van der Waals surface area contributed by atoms with Crippen LogP contribution in [0, 0.1) is 5.82 Å². The lowest BCUT2D eigenvalue weighted by molar-refractivity contribution is -0.114. The van der Waals surface area contributed by atoms with Crippen molar-refractivity contribution in [2.75, 3.05) is 17.7 Å². The van der Waals surface area contributed by atoms with E-state index in [1.54, 1.807) is 12.1 Å². The first-order valence-corrected chi connectivity index (χ1v) is 7.63. The third kappa shape index (κ3) is 5.27. The lowest BCUT2D eigenvalue weighted by Crippen LogP contribution is -2.16. The van der Waals surface area contributed by atoms with E-state index >= 15 is 0 Å². The van der Waals surface area contributed by atoms with Gasteiger partial charge < -0.3 is 15.4 Å². The lowest BCUT2D eigenvalue weighted by Gasteiger charge is -2.07. The van der Waals surface area contributed by atoms with E-state index in [1.807, 2.05) is 0 Å². The van der Waals surface area contributed by atoms with Gasteiger partial charge in [-0.15, -0.1) is 0 Å². The van der Waals surface area contributed by atoms with Crippen LogP contribution in [-0.2, 0) is 14.3 Å². The topological polar surface area (TPSA) is 84.5 Å². The average molecular weight is 356 g/mol. The highest BCUT2D eigenvalue weighted by Crippen LogP contribution is 2.12. The van der Waals surface area contributed by atoms with Gasteiger partial charge in [0.1, 0.15) is 5.82 Å². The molecule has 2 aromatic carbocycles. The normalized spacial score (nSPS) is 10.8. The Bertz CT molecular complexity index is 843. The van der Waals surface area contributed by atoms with Crippen LogP contribution in [0.1, 0.15) is 17.3 Å². The van der Waals surface area contributed by atoms with Crippen molar-refractivity contribution in [3.05, 3.63) is 71.6 Å². The quantitative estimate of drug-likeness (QED) is 0.637. The molecule has 0 atom stereocenters. The van der Waals surface area contributed by atoms with Gasteiger partial charge in [-0.05, 0) is 55.5 Å². The number of rotatable bonds is 5. The fraction of sp³-hybridized carbons (Fsp3) is 0.105. The number of benzene rings is 2. The van der Waals surface area contributed by atoms with E-state index in [0.717, 1.165) is 6.08 Å². The van der Waals surface area contributed by atoms with Gasteiger partial charge in [0, 0.05) is 23.0 Å². The number of amides is 2. The van der Waals surface area contributed by atoms with Crippen LogP contribution in [0.2, 0.25) is 0 Å². The Hall–Kier alpha value is -3.48. The van der Waals surface area contributed by atoms with E-state index in [2.05, 4.69) is 15.4 Å². The maximum Gasteiger partial charge on any atom is 0.337 e. The fourth-order valence-electron chi connectivity index (χ4n) is 2.01. The predicted molar refractivity (Wildman–Crippen MR) is 95.2 cm³/mol. The Labute approximate surface area is 149 Å². The highest BCUT2D eigenvalue weighted by Gasteiger charge is 2.09. The van der Waals surface area contributed by atoms with Crippen molar-refractivity contribution in [3.63, 3.8) is 0 Å². The lowest BCUT2D eigenvalue weighted by atomic mass is 10.2. The molecule has 0 bridgehead atoms. The van der Waals surface area contributed by atoms with E-state index in [-0.39, 0.29) is 5.57 Å². The summed E-state index contributed by atoms with van der Waals surface area (Å²) in [5.41, 5.74) is 1.42. The Kier molecular flexibility index (Phi) is 6.21. The molecule has 26 heavy (non-hydrogen) atoms. The Balaban J connectivity index is 1.97. The van der Waals surface area contributed by atoms with Crippen molar-refractivity contribution >= 4 is 29.2 Å². The first-order chi connectivity index (χ1) is 12.4. The largest absolute Gasteiger partial charge is 0.465 e. The van der Waals surface area contributed by atoms with Crippen LogP contribution in [0.3, 0.4) is 0 Å². The molecule has 0 saturated carbocycles. The molecule has 0 unspecified atom stereocenters. The highest BCUT2D eigenvalue weighted by atomic mass is 19.1. The first-order valence-electron chi connectivity index (χ1n) is 7.63. The zero-order chi connectivity index (χ0) is 19.1. The monoisotopic (exact) mass is 356 g/mol. The van der Waals surface area contributed by atoms with E-state index in [4.69, 9.17) is 0 Å². The molecule has 0 heterocycles. The molecular weight excluding hydrogens is 339 g/mol. The number of carbonyl (C=O) groups is 3. The number of ether oxygens (including phenoxy) is 1. The second-order valence-electron chi connectivity index (χ2n) is 5.35. The van der Waals surface area contributed by atoms with Gasteiger partial charge in [-0.25, -0.2) is 9.18 Å². The first kappa shape index (κ1) is 18.9. The van der Waals surface area contributed by atoms with Crippen molar-refractivity contribution in [2.45, 2.75) is 6.92 Å². The molecule has 0 saturated heterocycles. The van der Waals surface area contributed by atoms with Crippen molar-refractivity contribution in [2.24, 2.45) is 0 Å². The molecule has 0 aliphatic heterocycles. The third-order valence-electron chi connectivity index (χ3n) is 3.38. The number of halogens is 1. The minimum absolute atomic E-state index is 0.182. The summed E-state index contributed by atoms with van der Waals surface area (Å²) in [4.78, 5) is 35.4. The minimum Gasteiger partial charge on any atom is -0.465 e. The summed E-state index contributed by atoms with van der Waals surface area (Å²) in [6.45, 7) is 1.49. The standard InChI is InChI=1S/C19H17FN2O4/c1-12(11-17(23)21-15-9-5-14(20)6-10-15)18(24)22-16-7-3-13(4-8-16)19(25)26-2/h3-11H,1-2H3,(H,21,23)(H,22,24)/b12-11+. The molecule has 2 amide bonds. The van der Waals surface area contributed by atoms with Crippen LogP contribution in [0.25, 0.3) is 0 Å². The maximum atomic E-state index is 12.8. The summed E-state index contributed by atoms with van der Waals surface area (Å²) in [5.74, 6) is -1.86. The van der Waals surface area contributed by atoms with Crippen molar-refractivity contribution in [3.8, 4) is 0 Å². The molecule has 0 radical (unpaired) electrons. The van der Waals surface area contributed by atoms with Gasteiger partial charge >= 0.3 is 5.97 Å². The molecule has 2 aromatic rings. The van der Waals surface area contributed by atoms with Gasteiger partial charge in [-0.2, -0.15) is 0 Å². The zero-order valence-electron chi connectivity index (χ0n) is 14.2. The number of methoxy groups -OCH3 is 1. The van der Waals surface area contributed by atoms with Gasteiger partial charge in [0.15, 0.2) is 0 Å². The van der Waals surface area contributed by atoms with Gasteiger partial charge in [-0.1, -0.05) is 0 Å². The third-order valence-corrected chi connectivity index (χ3v) is 3.38. The molecule has 0 spiro atoms. The second-order valence-corrected chi connectivity index (χ2v) is 5.35. The van der Waals surface area contributed by atoms with Crippen LogP contribution in [-0.4, -0.2) is 24.9 Å². The molecule has 7 heteroatoms.